The molecular weight excluding hydrogens is 414 g/mol. The van der Waals surface area contributed by atoms with Gasteiger partial charge < -0.3 is 4.90 Å². The van der Waals surface area contributed by atoms with Crippen molar-refractivity contribution >= 4 is 16.6 Å². The van der Waals surface area contributed by atoms with Crippen molar-refractivity contribution < 1.29 is 0 Å². The van der Waals surface area contributed by atoms with E-state index in [0.29, 0.717) is 0 Å². The van der Waals surface area contributed by atoms with Gasteiger partial charge in [0, 0.05) is 35.9 Å². The summed E-state index contributed by atoms with van der Waals surface area (Å²) in [7, 11) is 0. The number of rotatable bonds is 8. The third-order valence-corrected chi connectivity index (χ3v) is 6.00. The van der Waals surface area contributed by atoms with Crippen LogP contribution in [0.25, 0.3) is 22.3 Å². The van der Waals surface area contributed by atoms with Gasteiger partial charge in [-0.1, -0.05) is 50.7 Å². The van der Waals surface area contributed by atoms with Gasteiger partial charge in [-0.15, -0.1) is 0 Å². The Bertz CT molecular complexity index is 1270. The maximum absolute atomic E-state index is 4.92. The zero-order chi connectivity index (χ0) is 23.8. The Morgan fingerprint density at radius 3 is 2.24 bits per heavy atom. The number of aromatic nitrogens is 2. The number of nitrogens with zero attached hydrogens (tertiary/aromatic N) is 3. The van der Waals surface area contributed by atoms with Gasteiger partial charge in [0.2, 0.25) is 0 Å². The van der Waals surface area contributed by atoms with Gasteiger partial charge in [-0.2, -0.15) is 0 Å². The number of fused-ring (bicyclic) bond motifs is 1. The first-order valence-corrected chi connectivity index (χ1v) is 12.4. The highest BCUT2D eigenvalue weighted by Gasteiger charge is 2.07. The van der Waals surface area contributed by atoms with Gasteiger partial charge in [-0.3, -0.25) is 4.98 Å². The molecule has 0 saturated heterocycles. The van der Waals surface area contributed by atoms with Crippen LogP contribution < -0.4 is 4.90 Å². The largest absolute Gasteiger partial charge is 0.372 e. The molecule has 172 valence electrons. The summed E-state index contributed by atoms with van der Waals surface area (Å²) in [6.45, 7) is 8.83. The predicted molar refractivity (Wildman–Crippen MR) is 144 cm³/mol. The zero-order valence-corrected chi connectivity index (χ0v) is 20.5. The Morgan fingerprint density at radius 1 is 0.794 bits per heavy atom. The lowest BCUT2D eigenvalue weighted by Gasteiger charge is -2.24. The summed E-state index contributed by atoms with van der Waals surface area (Å²) >= 11 is 0. The van der Waals surface area contributed by atoms with Crippen molar-refractivity contribution in [2.75, 3.05) is 18.0 Å². The average molecular weight is 448 g/mol. The Kier molecular flexibility index (Phi) is 7.94. The molecule has 0 aliphatic heterocycles. The molecule has 0 aliphatic carbocycles. The minimum absolute atomic E-state index is 0.864. The van der Waals surface area contributed by atoms with Crippen molar-refractivity contribution in [2.45, 2.75) is 46.5 Å². The summed E-state index contributed by atoms with van der Waals surface area (Å²) in [4.78, 5) is 11.9. The summed E-state index contributed by atoms with van der Waals surface area (Å²) in [6.07, 6.45) is 6.67. The van der Waals surface area contributed by atoms with Gasteiger partial charge in [0.25, 0.3) is 0 Å². The van der Waals surface area contributed by atoms with E-state index >= 15 is 0 Å². The van der Waals surface area contributed by atoms with Crippen molar-refractivity contribution in [3.05, 3.63) is 89.6 Å². The van der Waals surface area contributed by atoms with Crippen LogP contribution in [-0.2, 0) is 0 Å². The Hall–Kier alpha value is -3.64. The van der Waals surface area contributed by atoms with E-state index in [1.165, 1.54) is 36.9 Å². The standard InChI is InChI=1S/C31H33N3/c1-4-6-20-34(21-7-5-2)28-16-12-25(13-17-28)11-14-26-22-24(3)23-27-15-18-30(33-31(26)27)29-10-8-9-19-32-29/h8-10,12-13,15-19,22-23H,4-7,20-21H2,1-3H3. The molecule has 3 nitrogen and oxygen atoms in total. The fourth-order valence-corrected chi connectivity index (χ4v) is 4.10. The van der Waals surface area contributed by atoms with Crippen LogP contribution in [0.15, 0.2) is 72.9 Å². The highest BCUT2D eigenvalue weighted by atomic mass is 15.1. The zero-order valence-electron chi connectivity index (χ0n) is 20.5. The van der Waals surface area contributed by atoms with Crippen molar-refractivity contribution in [1.82, 2.24) is 9.97 Å². The molecule has 3 heteroatoms. The molecule has 2 aromatic carbocycles. The van der Waals surface area contributed by atoms with Gasteiger partial charge >= 0.3 is 0 Å². The average Bonchev–Trinajstić information content (AvgIpc) is 2.88. The molecule has 0 bridgehead atoms. The van der Waals surface area contributed by atoms with E-state index in [-0.39, 0.29) is 0 Å². The molecule has 2 aromatic heterocycles. The molecule has 0 aliphatic rings. The van der Waals surface area contributed by atoms with Crippen LogP contribution in [0.2, 0.25) is 0 Å². The smallest absolute Gasteiger partial charge is 0.0894 e. The lowest BCUT2D eigenvalue weighted by atomic mass is 10.0. The number of aryl methyl sites for hydroxylation is 1. The minimum atomic E-state index is 0.864. The monoisotopic (exact) mass is 447 g/mol. The van der Waals surface area contributed by atoms with Gasteiger partial charge in [-0.05, 0) is 79.9 Å². The van der Waals surface area contributed by atoms with Crippen molar-refractivity contribution in [1.29, 1.82) is 0 Å². The normalized spacial score (nSPS) is 10.7. The molecule has 0 N–H and O–H groups in total. The lowest BCUT2D eigenvalue weighted by molar-refractivity contribution is 0.678. The highest BCUT2D eigenvalue weighted by Crippen LogP contribution is 2.23. The van der Waals surface area contributed by atoms with E-state index in [1.807, 2.05) is 24.3 Å². The SMILES string of the molecule is CCCCN(CCCC)c1ccc(C#Cc2cc(C)cc3ccc(-c4ccccn4)nc23)cc1. The topological polar surface area (TPSA) is 29.0 Å². The Balaban J connectivity index is 1.63. The quantitative estimate of drug-likeness (QED) is 0.263. The summed E-state index contributed by atoms with van der Waals surface area (Å²) in [5.74, 6) is 6.76. The van der Waals surface area contributed by atoms with Crippen molar-refractivity contribution in [3.63, 3.8) is 0 Å². The second-order valence-corrected chi connectivity index (χ2v) is 8.79. The van der Waals surface area contributed by atoms with Crippen molar-refractivity contribution in [3.8, 4) is 23.2 Å². The van der Waals surface area contributed by atoms with E-state index in [1.54, 1.807) is 6.20 Å². The molecule has 0 atom stereocenters. The maximum Gasteiger partial charge on any atom is 0.0894 e. The predicted octanol–water partition coefficient (Wildman–Crippen LogP) is 7.41. The number of anilines is 1. The molecule has 0 spiro atoms. The molecule has 0 saturated carbocycles. The van der Waals surface area contributed by atoms with Gasteiger partial charge in [0.05, 0.1) is 22.5 Å². The van der Waals surface area contributed by atoms with E-state index in [0.717, 1.165) is 46.5 Å². The molecule has 34 heavy (non-hydrogen) atoms. The van der Waals surface area contributed by atoms with Crippen LogP contribution in [0.3, 0.4) is 0 Å². The van der Waals surface area contributed by atoms with E-state index in [4.69, 9.17) is 4.98 Å². The Labute approximate surface area is 203 Å². The molecule has 4 rings (SSSR count). The number of hydrogen-bond donors (Lipinski definition) is 0. The van der Waals surface area contributed by atoms with Crippen LogP contribution in [0.1, 0.15) is 56.2 Å². The molecule has 0 fully saturated rings. The first kappa shape index (κ1) is 23.5. The fourth-order valence-electron chi connectivity index (χ4n) is 4.10. The summed E-state index contributed by atoms with van der Waals surface area (Å²) < 4.78 is 0. The van der Waals surface area contributed by atoms with Crippen LogP contribution in [0.4, 0.5) is 5.69 Å². The van der Waals surface area contributed by atoms with Crippen LogP contribution in [0, 0.1) is 18.8 Å². The molecule has 4 aromatic rings. The van der Waals surface area contributed by atoms with E-state index in [2.05, 4.69) is 85.0 Å². The molecule has 2 heterocycles. The third kappa shape index (κ3) is 5.83. The van der Waals surface area contributed by atoms with Gasteiger partial charge in [0.15, 0.2) is 0 Å². The number of unbranched alkanes of at least 4 members (excludes halogenated alkanes) is 2. The van der Waals surface area contributed by atoms with Crippen molar-refractivity contribution in [2.24, 2.45) is 0 Å². The third-order valence-electron chi connectivity index (χ3n) is 6.00. The minimum Gasteiger partial charge on any atom is -0.372 e. The van der Waals surface area contributed by atoms with Gasteiger partial charge in [-0.25, -0.2) is 4.98 Å². The number of hydrogen-bond acceptors (Lipinski definition) is 3. The Morgan fingerprint density at radius 2 is 1.56 bits per heavy atom. The lowest BCUT2D eigenvalue weighted by Crippen LogP contribution is -2.25. The number of benzene rings is 2. The van der Waals surface area contributed by atoms with Crippen LogP contribution in [0.5, 0.6) is 0 Å². The van der Waals surface area contributed by atoms with E-state index < -0.39 is 0 Å². The summed E-state index contributed by atoms with van der Waals surface area (Å²) in [5.41, 5.74) is 7.09. The second-order valence-electron chi connectivity index (χ2n) is 8.79. The summed E-state index contributed by atoms with van der Waals surface area (Å²) in [5, 5.41) is 1.10. The second kappa shape index (κ2) is 11.5. The van der Waals surface area contributed by atoms with E-state index in [9.17, 15) is 0 Å². The van der Waals surface area contributed by atoms with Crippen LogP contribution >= 0.6 is 0 Å². The highest BCUT2D eigenvalue weighted by molar-refractivity contribution is 5.87. The molecule has 0 unspecified atom stereocenters. The first-order valence-electron chi connectivity index (χ1n) is 12.4. The molecule has 0 radical (unpaired) electrons. The van der Waals surface area contributed by atoms with Crippen LogP contribution in [-0.4, -0.2) is 23.1 Å². The van der Waals surface area contributed by atoms with Gasteiger partial charge in [0.1, 0.15) is 0 Å². The molecule has 0 amide bonds. The first-order chi connectivity index (χ1) is 16.7. The fraction of sp³-hybridized carbons (Fsp3) is 0.290. The molecular formula is C31H33N3. The number of pyridine rings is 2. The maximum atomic E-state index is 4.92. The summed E-state index contributed by atoms with van der Waals surface area (Å²) in [6, 6.07) is 23.0.